The lowest BCUT2D eigenvalue weighted by atomic mass is 9.87. The van der Waals surface area contributed by atoms with Crippen molar-refractivity contribution in [1.29, 1.82) is 0 Å². The Kier molecular flexibility index (Phi) is 11.7. The molecule has 2 amide bonds. The summed E-state index contributed by atoms with van der Waals surface area (Å²) in [4.78, 5) is 28.6. The number of rotatable bonds is 5. The van der Waals surface area contributed by atoms with Crippen LogP contribution in [0.4, 0.5) is 0 Å². The molecule has 1 saturated carbocycles. The Morgan fingerprint density at radius 3 is 2.27 bits per heavy atom. The molecule has 154 valence electrons. The lowest BCUT2D eigenvalue weighted by Gasteiger charge is -2.36. The highest BCUT2D eigenvalue weighted by Gasteiger charge is 2.28. The van der Waals surface area contributed by atoms with Crippen molar-refractivity contribution < 1.29 is 9.59 Å². The van der Waals surface area contributed by atoms with Crippen molar-refractivity contribution in [2.75, 3.05) is 32.7 Å². The van der Waals surface area contributed by atoms with Gasteiger partial charge in [0.1, 0.15) is 0 Å². The van der Waals surface area contributed by atoms with E-state index in [2.05, 4.69) is 17.1 Å². The zero-order valence-electron chi connectivity index (χ0n) is 16.3. The summed E-state index contributed by atoms with van der Waals surface area (Å²) in [6.07, 6.45) is 4.70. The number of amides is 2. The van der Waals surface area contributed by atoms with E-state index in [1.165, 1.54) is 12.8 Å². The summed E-state index contributed by atoms with van der Waals surface area (Å²) in [7, 11) is 0. The van der Waals surface area contributed by atoms with Crippen LogP contribution < -0.4 is 11.1 Å². The molecular formula is C18H36Cl2N4O2. The predicted molar refractivity (Wildman–Crippen MR) is 110 cm³/mol. The number of hydrogen-bond donors (Lipinski definition) is 2. The van der Waals surface area contributed by atoms with Crippen LogP contribution in [0.1, 0.15) is 46.5 Å². The first kappa shape index (κ1) is 25.4. The minimum Gasteiger partial charge on any atom is -0.352 e. The third-order valence-corrected chi connectivity index (χ3v) is 5.53. The zero-order chi connectivity index (χ0) is 17.7. The van der Waals surface area contributed by atoms with Crippen LogP contribution in [-0.2, 0) is 9.59 Å². The Morgan fingerprint density at radius 1 is 1.12 bits per heavy atom. The number of nitrogens with zero attached hydrogens (tertiary/aromatic N) is 2. The molecule has 0 spiro atoms. The van der Waals surface area contributed by atoms with Gasteiger partial charge in [0.25, 0.3) is 0 Å². The van der Waals surface area contributed by atoms with E-state index in [0.29, 0.717) is 31.6 Å². The van der Waals surface area contributed by atoms with Crippen molar-refractivity contribution in [2.24, 2.45) is 17.6 Å². The Morgan fingerprint density at radius 2 is 1.73 bits per heavy atom. The molecule has 1 aliphatic heterocycles. The van der Waals surface area contributed by atoms with Gasteiger partial charge in [-0.1, -0.05) is 26.7 Å². The molecule has 1 aliphatic carbocycles. The summed E-state index contributed by atoms with van der Waals surface area (Å²) in [5.74, 6) is 0.821. The maximum Gasteiger partial charge on any atom is 0.234 e. The second-order valence-electron chi connectivity index (χ2n) is 7.79. The summed E-state index contributed by atoms with van der Waals surface area (Å²) in [6, 6.07) is 0.218. The summed E-state index contributed by atoms with van der Waals surface area (Å²) in [5, 5.41) is 3.19. The largest absolute Gasteiger partial charge is 0.352 e. The Hall–Kier alpha value is -0.560. The topological polar surface area (TPSA) is 78.7 Å². The number of carbonyl (C=O) groups is 2. The number of hydrogen-bond acceptors (Lipinski definition) is 4. The van der Waals surface area contributed by atoms with Crippen LogP contribution >= 0.6 is 24.8 Å². The van der Waals surface area contributed by atoms with Gasteiger partial charge in [0, 0.05) is 38.3 Å². The molecule has 0 radical (unpaired) electrons. The summed E-state index contributed by atoms with van der Waals surface area (Å²) >= 11 is 0. The number of halogens is 2. The predicted octanol–water partition coefficient (Wildman–Crippen LogP) is 1.65. The second-order valence-corrected chi connectivity index (χ2v) is 7.79. The minimum absolute atomic E-state index is 0. The van der Waals surface area contributed by atoms with Crippen molar-refractivity contribution in [3.8, 4) is 0 Å². The van der Waals surface area contributed by atoms with Crippen molar-refractivity contribution in [3.05, 3.63) is 0 Å². The molecule has 0 aromatic rings. The van der Waals surface area contributed by atoms with E-state index < -0.39 is 0 Å². The molecule has 4 unspecified atom stereocenters. The van der Waals surface area contributed by atoms with Crippen LogP contribution in [0.3, 0.4) is 0 Å². The average Bonchev–Trinajstić information content (AvgIpc) is 2.54. The smallest absolute Gasteiger partial charge is 0.234 e. The quantitative estimate of drug-likeness (QED) is 0.721. The van der Waals surface area contributed by atoms with Crippen molar-refractivity contribution in [3.63, 3.8) is 0 Å². The van der Waals surface area contributed by atoms with E-state index in [4.69, 9.17) is 5.73 Å². The van der Waals surface area contributed by atoms with E-state index in [-0.39, 0.29) is 48.6 Å². The highest BCUT2D eigenvalue weighted by molar-refractivity contribution is 5.85. The van der Waals surface area contributed by atoms with Crippen LogP contribution in [-0.4, -0.2) is 66.4 Å². The molecule has 0 bridgehead atoms. The van der Waals surface area contributed by atoms with Crippen molar-refractivity contribution in [2.45, 2.75) is 58.5 Å². The van der Waals surface area contributed by atoms with Gasteiger partial charge in [-0.15, -0.1) is 24.8 Å². The van der Waals surface area contributed by atoms with E-state index in [1.807, 2.05) is 18.7 Å². The molecule has 6 nitrogen and oxygen atoms in total. The lowest BCUT2D eigenvalue weighted by molar-refractivity contribution is -0.137. The highest BCUT2D eigenvalue weighted by atomic mass is 35.5. The molecule has 2 fully saturated rings. The third kappa shape index (κ3) is 7.59. The van der Waals surface area contributed by atoms with Gasteiger partial charge in [0.15, 0.2) is 0 Å². The number of piperazine rings is 1. The molecular weight excluding hydrogens is 375 g/mol. The van der Waals surface area contributed by atoms with Crippen LogP contribution in [0.2, 0.25) is 0 Å². The monoisotopic (exact) mass is 410 g/mol. The fraction of sp³-hybridized carbons (Fsp3) is 0.889. The van der Waals surface area contributed by atoms with Crippen LogP contribution in [0, 0.1) is 11.8 Å². The molecule has 0 aromatic heterocycles. The van der Waals surface area contributed by atoms with Gasteiger partial charge in [0.2, 0.25) is 11.8 Å². The normalized spacial score (nSPS) is 26.1. The van der Waals surface area contributed by atoms with E-state index >= 15 is 0 Å². The van der Waals surface area contributed by atoms with Gasteiger partial charge >= 0.3 is 0 Å². The molecule has 1 saturated heterocycles. The Labute approximate surface area is 170 Å². The molecule has 26 heavy (non-hydrogen) atoms. The maximum absolute atomic E-state index is 12.3. The molecule has 2 aliphatic rings. The minimum atomic E-state index is -0.145. The first-order valence-electron chi connectivity index (χ1n) is 9.43. The SMILES string of the molecule is CC1CCCC(NC(=O)CN2CCN(C(=O)C(C)C(C)N)CC2)C1.Cl.Cl. The molecule has 8 heteroatoms. The summed E-state index contributed by atoms with van der Waals surface area (Å²) in [5.41, 5.74) is 5.82. The zero-order valence-corrected chi connectivity index (χ0v) is 17.9. The third-order valence-electron chi connectivity index (χ3n) is 5.53. The van der Waals surface area contributed by atoms with Gasteiger partial charge in [-0.05, 0) is 25.7 Å². The standard InChI is InChI=1S/C18H34N4O2.2ClH/c1-13-5-4-6-16(11-13)20-17(23)12-21-7-9-22(10-8-21)18(24)14(2)15(3)19;;/h13-16H,4-12,19H2,1-3H3,(H,20,23);2*1H. The van der Waals surface area contributed by atoms with Crippen LogP contribution in [0.5, 0.6) is 0 Å². The molecule has 0 aromatic carbocycles. The maximum atomic E-state index is 12.3. The van der Waals surface area contributed by atoms with E-state index in [0.717, 1.165) is 25.9 Å². The molecule has 1 heterocycles. The van der Waals surface area contributed by atoms with Gasteiger partial charge in [-0.25, -0.2) is 0 Å². The van der Waals surface area contributed by atoms with Gasteiger partial charge in [-0.3, -0.25) is 14.5 Å². The van der Waals surface area contributed by atoms with Gasteiger partial charge in [-0.2, -0.15) is 0 Å². The molecule has 2 rings (SSSR count). The Balaban J connectivity index is 0.00000312. The van der Waals surface area contributed by atoms with E-state index in [1.54, 1.807) is 0 Å². The molecule has 3 N–H and O–H groups in total. The fourth-order valence-electron chi connectivity index (χ4n) is 3.68. The van der Waals surface area contributed by atoms with E-state index in [9.17, 15) is 9.59 Å². The van der Waals surface area contributed by atoms with Crippen molar-refractivity contribution in [1.82, 2.24) is 15.1 Å². The Bertz CT molecular complexity index is 443. The van der Waals surface area contributed by atoms with Gasteiger partial charge < -0.3 is 16.0 Å². The van der Waals surface area contributed by atoms with Gasteiger partial charge in [0.05, 0.1) is 12.5 Å². The second kappa shape index (κ2) is 12.0. The number of nitrogens with two attached hydrogens (primary N) is 1. The first-order chi connectivity index (χ1) is 11.4. The summed E-state index contributed by atoms with van der Waals surface area (Å²) < 4.78 is 0. The first-order valence-corrected chi connectivity index (χ1v) is 9.43. The fourth-order valence-corrected chi connectivity index (χ4v) is 3.68. The lowest BCUT2D eigenvalue weighted by Crippen LogP contribution is -2.54. The highest BCUT2D eigenvalue weighted by Crippen LogP contribution is 2.23. The van der Waals surface area contributed by atoms with Crippen LogP contribution in [0.25, 0.3) is 0 Å². The van der Waals surface area contributed by atoms with Crippen LogP contribution in [0.15, 0.2) is 0 Å². The average molecular weight is 411 g/mol. The number of nitrogens with one attached hydrogen (secondary N) is 1. The van der Waals surface area contributed by atoms with Crippen molar-refractivity contribution >= 4 is 36.6 Å². The number of carbonyl (C=O) groups excluding carboxylic acids is 2. The summed E-state index contributed by atoms with van der Waals surface area (Å²) in [6.45, 7) is 9.34. The molecule has 4 atom stereocenters.